The molecule has 1 aromatic carbocycles. The van der Waals surface area contributed by atoms with E-state index < -0.39 is 10.9 Å². The molecule has 0 aliphatic carbocycles. The van der Waals surface area contributed by atoms with Crippen LogP contribution in [0.4, 0.5) is 5.69 Å². The van der Waals surface area contributed by atoms with E-state index in [-0.39, 0.29) is 17.1 Å². The first-order valence-corrected chi connectivity index (χ1v) is 5.23. The van der Waals surface area contributed by atoms with E-state index in [4.69, 9.17) is 11.6 Å². The number of carbonyl (C=O) groups excluding carboxylic acids is 1. The number of hydrogen-bond donors (Lipinski definition) is 0. The third-order valence-electron chi connectivity index (χ3n) is 2.04. The monoisotopic (exact) mass is 255 g/mol. The summed E-state index contributed by atoms with van der Waals surface area (Å²) >= 11 is 5.49. The molecule has 0 fully saturated rings. The molecule has 0 spiro atoms. The molecule has 5 nitrogen and oxygen atoms in total. The van der Waals surface area contributed by atoms with Gasteiger partial charge in [-0.3, -0.25) is 10.1 Å². The summed E-state index contributed by atoms with van der Waals surface area (Å²) in [5, 5.41) is 10.6. The molecular weight excluding hydrogens is 246 g/mol. The molecule has 0 saturated carbocycles. The molecule has 90 valence electrons. The van der Waals surface area contributed by atoms with Gasteiger partial charge in [-0.15, -0.1) is 11.6 Å². The molecule has 0 aliphatic heterocycles. The average molecular weight is 256 g/mol. The maximum atomic E-state index is 11.5. The van der Waals surface area contributed by atoms with Crippen LogP contribution in [-0.4, -0.2) is 23.9 Å². The molecule has 0 unspecified atom stereocenters. The Kier molecular flexibility index (Phi) is 4.66. The number of methoxy groups -OCH3 is 1. The van der Waals surface area contributed by atoms with E-state index in [2.05, 4.69) is 4.74 Å². The number of hydrogen-bond acceptors (Lipinski definition) is 4. The largest absolute Gasteiger partial charge is 0.465 e. The highest BCUT2D eigenvalue weighted by Gasteiger charge is 2.15. The predicted octanol–water partition coefficient (Wildman–Crippen LogP) is 2.63. The van der Waals surface area contributed by atoms with Crippen LogP contribution in [0.5, 0.6) is 0 Å². The predicted molar refractivity (Wildman–Crippen MR) is 64.2 cm³/mol. The minimum Gasteiger partial charge on any atom is -0.465 e. The highest BCUT2D eigenvalue weighted by molar-refractivity contribution is 6.19. The van der Waals surface area contributed by atoms with Crippen molar-refractivity contribution < 1.29 is 14.5 Å². The number of non-ortho nitro benzene ring substituents is 1. The van der Waals surface area contributed by atoms with Gasteiger partial charge in [0, 0.05) is 18.0 Å². The van der Waals surface area contributed by atoms with Crippen LogP contribution in [0.1, 0.15) is 15.9 Å². The molecule has 0 heterocycles. The van der Waals surface area contributed by atoms with Crippen molar-refractivity contribution in [1.29, 1.82) is 0 Å². The fraction of sp³-hybridized carbons (Fsp3) is 0.182. The second kappa shape index (κ2) is 6.00. The van der Waals surface area contributed by atoms with Gasteiger partial charge in [0.1, 0.15) is 0 Å². The van der Waals surface area contributed by atoms with Gasteiger partial charge in [0.05, 0.1) is 17.6 Å². The van der Waals surface area contributed by atoms with Crippen molar-refractivity contribution in [3.63, 3.8) is 0 Å². The molecule has 0 aliphatic rings. The van der Waals surface area contributed by atoms with Gasteiger partial charge in [0.25, 0.3) is 5.69 Å². The van der Waals surface area contributed by atoms with Crippen molar-refractivity contribution in [3.05, 3.63) is 45.5 Å². The maximum absolute atomic E-state index is 11.5. The van der Waals surface area contributed by atoms with Gasteiger partial charge < -0.3 is 4.74 Å². The van der Waals surface area contributed by atoms with E-state index in [0.717, 1.165) is 0 Å². The molecule has 0 radical (unpaired) electrons. The lowest BCUT2D eigenvalue weighted by Gasteiger charge is -2.03. The summed E-state index contributed by atoms with van der Waals surface area (Å²) in [6.45, 7) is 0. The van der Waals surface area contributed by atoms with Gasteiger partial charge in [0.15, 0.2) is 0 Å². The number of rotatable bonds is 4. The molecular formula is C11H10ClNO4. The van der Waals surface area contributed by atoms with E-state index >= 15 is 0 Å². The zero-order valence-electron chi connectivity index (χ0n) is 9.05. The number of carbonyl (C=O) groups is 1. The molecule has 0 atom stereocenters. The summed E-state index contributed by atoms with van der Waals surface area (Å²) in [6, 6.07) is 3.98. The third kappa shape index (κ3) is 3.29. The van der Waals surface area contributed by atoms with Crippen molar-refractivity contribution in [2.24, 2.45) is 0 Å². The number of ether oxygens (including phenoxy) is 1. The minimum atomic E-state index is -0.622. The Morgan fingerprint density at radius 2 is 2.29 bits per heavy atom. The van der Waals surface area contributed by atoms with Crippen molar-refractivity contribution in [3.8, 4) is 0 Å². The van der Waals surface area contributed by atoms with Gasteiger partial charge in [-0.1, -0.05) is 12.2 Å². The molecule has 1 rings (SSSR count). The first-order chi connectivity index (χ1) is 8.10. The standard InChI is InChI=1S/C11H10ClNO4/c1-17-11(14)10-7-9(13(15)16)5-4-8(10)3-2-6-12/h2-5,7H,6H2,1H3. The van der Waals surface area contributed by atoms with Crippen molar-refractivity contribution in [2.45, 2.75) is 0 Å². The second-order valence-corrected chi connectivity index (χ2v) is 3.39. The lowest BCUT2D eigenvalue weighted by molar-refractivity contribution is -0.384. The van der Waals surface area contributed by atoms with Crippen LogP contribution >= 0.6 is 11.6 Å². The van der Waals surface area contributed by atoms with Crippen LogP contribution in [-0.2, 0) is 4.74 Å². The normalized spacial score (nSPS) is 10.5. The summed E-state index contributed by atoms with van der Waals surface area (Å²) in [5.74, 6) is -0.333. The molecule has 0 amide bonds. The highest BCUT2D eigenvalue weighted by Crippen LogP contribution is 2.20. The molecule has 17 heavy (non-hydrogen) atoms. The lowest BCUT2D eigenvalue weighted by atomic mass is 10.1. The first kappa shape index (κ1) is 13.2. The molecule has 0 N–H and O–H groups in total. The Labute approximate surface area is 103 Å². The SMILES string of the molecule is COC(=O)c1cc([N+](=O)[O-])ccc1C=CCCl. The smallest absolute Gasteiger partial charge is 0.338 e. The molecule has 1 aromatic rings. The number of benzene rings is 1. The van der Waals surface area contributed by atoms with Crippen molar-refractivity contribution >= 4 is 29.3 Å². The lowest BCUT2D eigenvalue weighted by Crippen LogP contribution is -2.04. The van der Waals surface area contributed by atoms with E-state index in [0.29, 0.717) is 5.56 Å². The van der Waals surface area contributed by atoms with Crippen LogP contribution in [0, 0.1) is 10.1 Å². The average Bonchev–Trinajstić information content (AvgIpc) is 2.35. The van der Waals surface area contributed by atoms with E-state index in [1.165, 1.54) is 25.3 Å². The van der Waals surface area contributed by atoms with Crippen LogP contribution in [0.15, 0.2) is 24.3 Å². The number of alkyl halides is 1. The van der Waals surface area contributed by atoms with Crippen LogP contribution < -0.4 is 0 Å². The quantitative estimate of drug-likeness (QED) is 0.359. The van der Waals surface area contributed by atoms with Crippen LogP contribution in [0.3, 0.4) is 0 Å². The number of esters is 1. The summed E-state index contributed by atoms with van der Waals surface area (Å²) in [4.78, 5) is 21.5. The Morgan fingerprint density at radius 3 is 2.82 bits per heavy atom. The number of halogens is 1. The number of allylic oxidation sites excluding steroid dienone is 1. The molecule has 0 aromatic heterocycles. The number of nitro benzene ring substituents is 1. The zero-order valence-corrected chi connectivity index (χ0v) is 9.81. The minimum absolute atomic E-state index is 0.142. The molecule has 0 bridgehead atoms. The van der Waals surface area contributed by atoms with E-state index in [9.17, 15) is 14.9 Å². The Balaban J connectivity index is 3.26. The van der Waals surface area contributed by atoms with Gasteiger partial charge in [0.2, 0.25) is 0 Å². The zero-order chi connectivity index (χ0) is 12.8. The van der Waals surface area contributed by atoms with Gasteiger partial charge in [-0.05, 0) is 11.6 Å². The topological polar surface area (TPSA) is 69.4 Å². The third-order valence-corrected chi connectivity index (χ3v) is 2.22. The van der Waals surface area contributed by atoms with Crippen LogP contribution in [0.25, 0.3) is 6.08 Å². The molecule has 6 heteroatoms. The highest BCUT2D eigenvalue weighted by atomic mass is 35.5. The summed E-state index contributed by atoms with van der Waals surface area (Å²) in [7, 11) is 1.22. The fourth-order valence-corrected chi connectivity index (χ4v) is 1.35. The van der Waals surface area contributed by atoms with Crippen molar-refractivity contribution in [1.82, 2.24) is 0 Å². The molecule has 0 saturated heterocycles. The van der Waals surface area contributed by atoms with Gasteiger partial charge in [-0.25, -0.2) is 4.79 Å². The van der Waals surface area contributed by atoms with E-state index in [1.54, 1.807) is 12.2 Å². The van der Waals surface area contributed by atoms with Gasteiger partial charge >= 0.3 is 5.97 Å². The number of nitro groups is 1. The second-order valence-electron chi connectivity index (χ2n) is 3.08. The van der Waals surface area contributed by atoms with E-state index in [1.807, 2.05) is 0 Å². The van der Waals surface area contributed by atoms with Gasteiger partial charge in [-0.2, -0.15) is 0 Å². The Bertz CT molecular complexity index is 471. The fourth-order valence-electron chi connectivity index (χ4n) is 1.26. The summed E-state index contributed by atoms with van der Waals surface area (Å²) in [6.07, 6.45) is 3.25. The summed E-state index contributed by atoms with van der Waals surface area (Å²) in [5.41, 5.74) is 0.514. The number of nitrogens with zero attached hydrogens (tertiary/aromatic N) is 1. The summed E-state index contributed by atoms with van der Waals surface area (Å²) < 4.78 is 4.56. The Hall–Kier alpha value is -1.88. The first-order valence-electron chi connectivity index (χ1n) is 4.69. The Morgan fingerprint density at radius 1 is 1.59 bits per heavy atom. The van der Waals surface area contributed by atoms with Crippen LogP contribution in [0.2, 0.25) is 0 Å². The maximum Gasteiger partial charge on any atom is 0.338 e. The van der Waals surface area contributed by atoms with Crippen molar-refractivity contribution in [2.75, 3.05) is 13.0 Å².